The second-order valence-electron chi connectivity index (χ2n) is 5.11. The lowest BCUT2D eigenvalue weighted by Crippen LogP contribution is -2.43. The molecule has 1 saturated heterocycles. The maximum absolute atomic E-state index is 10.3. The van der Waals surface area contributed by atoms with Crippen LogP contribution in [0.2, 0.25) is 0 Å². The van der Waals surface area contributed by atoms with Crippen LogP contribution in [0.1, 0.15) is 51.4 Å². The number of unbranched alkanes of at least 4 members (excludes halogenated alkanes) is 4. The van der Waals surface area contributed by atoms with Crippen LogP contribution in [0.4, 0.5) is 0 Å². The van der Waals surface area contributed by atoms with Gasteiger partial charge in [-0.15, -0.1) is 0 Å². The predicted octanol–water partition coefficient (Wildman–Crippen LogP) is 1.83. The number of likely N-dealkylation sites (tertiary alicyclic amines) is 1. The Kier molecular flexibility index (Phi) is 7.21. The van der Waals surface area contributed by atoms with Crippen LogP contribution < -0.4 is 5.73 Å². The number of carboxylic acid groups (broad SMARTS) is 1. The SMILES string of the molecule is NC1CCCN(CCCCCCCC(=O)O)C1. The molecule has 0 spiro atoms. The number of carboxylic acids is 1. The summed E-state index contributed by atoms with van der Waals surface area (Å²) in [5, 5.41) is 8.49. The number of carbonyl (C=O) groups is 1. The Bertz CT molecular complexity index is 221. The van der Waals surface area contributed by atoms with E-state index in [1.165, 1.54) is 32.2 Å². The van der Waals surface area contributed by atoms with Crippen molar-refractivity contribution >= 4 is 5.97 Å². The zero-order chi connectivity index (χ0) is 12.5. The van der Waals surface area contributed by atoms with Crippen LogP contribution in [0, 0.1) is 0 Å². The number of nitrogens with zero attached hydrogens (tertiary/aromatic N) is 1. The van der Waals surface area contributed by atoms with E-state index in [4.69, 9.17) is 10.8 Å². The van der Waals surface area contributed by atoms with E-state index in [9.17, 15) is 4.79 Å². The first-order valence-corrected chi connectivity index (χ1v) is 6.88. The van der Waals surface area contributed by atoms with Crippen LogP contribution in [0.3, 0.4) is 0 Å². The van der Waals surface area contributed by atoms with Crippen LogP contribution in [0.25, 0.3) is 0 Å². The average molecular weight is 242 g/mol. The van der Waals surface area contributed by atoms with Gasteiger partial charge in [-0.3, -0.25) is 4.79 Å². The third kappa shape index (κ3) is 7.34. The maximum Gasteiger partial charge on any atom is 0.303 e. The Balaban J connectivity index is 1.88. The molecule has 17 heavy (non-hydrogen) atoms. The summed E-state index contributed by atoms with van der Waals surface area (Å²) in [5.41, 5.74) is 5.93. The highest BCUT2D eigenvalue weighted by molar-refractivity contribution is 5.66. The fourth-order valence-electron chi connectivity index (χ4n) is 2.44. The molecule has 1 fully saturated rings. The maximum atomic E-state index is 10.3. The summed E-state index contributed by atoms with van der Waals surface area (Å²) in [6.45, 7) is 3.42. The highest BCUT2D eigenvalue weighted by atomic mass is 16.4. The van der Waals surface area contributed by atoms with Gasteiger partial charge in [0.05, 0.1) is 0 Å². The third-order valence-corrected chi connectivity index (χ3v) is 3.41. The normalized spacial score (nSPS) is 21.6. The number of rotatable bonds is 8. The van der Waals surface area contributed by atoms with E-state index in [0.717, 1.165) is 32.4 Å². The zero-order valence-corrected chi connectivity index (χ0v) is 10.7. The van der Waals surface area contributed by atoms with Gasteiger partial charge < -0.3 is 15.7 Å². The Morgan fingerprint density at radius 3 is 2.65 bits per heavy atom. The number of aliphatic carboxylic acids is 1. The standard InChI is InChI=1S/C13H26N2O2/c14-12-7-6-10-15(11-12)9-5-3-1-2-4-8-13(16)17/h12H,1-11,14H2,(H,16,17). The molecule has 3 N–H and O–H groups in total. The first-order chi connectivity index (χ1) is 8.18. The van der Waals surface area contributed by atoms with Crippen molar-refractivity contribution in [2.75, 3.05) is 19.6 Å². The average Bonchev–Trinajstić information content (AvgIpc) is 2.27. The van der Waals surface area contributed by atoms with Gasteiger partial charge in [0.25, 0.3) is 0 Å². The van der Waals surface area contributed by atoms with Crippen molar-refractivity contribution in [1.29, 1.82) is 0 Å². The summed E-state index contributed by atoms with van der Waals surface area (Å²) in [6, 6.07) is 0.374. The quantitative estimate of drug-likeness (QED) is 0.637. The van der Waals surface area contributed by atoms with Crippen LogP contribution >= 0.6 is 0 Å². The van der Waals surface area contributed by atoms with E-state index < -0.39 is 5.97 Å². The van der Waals surface area contributed by atoms with Gasteiger partial charge in [-0.05, 0) is 38.8 Å². The largest absolute Gasteiger partial charge is 0.481 e. The zero-order valence-electron chi connectivity index (χ0n) is 10.7. The number of hydrogen-bond donors (Lipinski definition) is 2. The second kappa shape index (κ2) is 8.48. The molecule has 0 amide bonds. The van der Waals surface area contributed by atoms with Crippen LogP contribution in [-0.4, -0.2) is 41.7 Å². The summed E-state index contributed by atoms with van der Waals surface area (Å²) in [6.07, 6.45) is 8.19. The minimum Gasteiger partial charge on any atom is -0.481 e. The van der Waals surface area contributed by atoms with Crippen molar-refractivity contribution in [1.82, 2.24) is 4.90 Å². The minimum atomic E-state index is -0.674. The van der Waals surface area contributed by atoms with Crippen LogP contribution in [-0.2, 0) is 4.79 Å². The molecule has 0 bridgehead atoms. The van der Waals surface area contributed by atoms with E-state index in [2.05, 4.69) is 4.90 Å². The molecule has 0 aliphatic carbocycles. The second-order valence-corrected chi connectivity index (χ2v) is 5.11. The molecule has 4 heteroatoms. The molecule has 0 aromatic rings. The molecule has 0 saturated carbocycles. The smallest absolute Gasteiger partial charge is 0.303 e. The fourth-order valence-corrected chi connectivity index (χ4v) is 2.44. The number of nitrogens with two attached hydrogens (primary N) is 1. The summed E-state index contributed by atoms with van der Waals surface area (Å²) < 4.78 is 0. The van der Waals surface area contributed by atoms with Crippen molar-refractivity contribution in [3.63, 3.8) is 0 Å². The molecule has 1 aliphatic rings. The highest BCUT2D eigenvalue weighted by Gasteiger charge is 2.15. The Labute approximate surface area is 104 Å². The van der Waals surface area contributed by atoms with Gasteiger partial charge in [0.1, 0.15) is 0 Å². The minimum absolute atomic E-state index is 0.320. The molecule has 1 unspecified atom stereocenters. The van der Waals surface area contributed by atoms with Gasteiger partial charge in [0.2, 0.25) is 0 Å². The van der Waals surface area contributed by atoms with Gasteiger partial charge in [0, 0.05) is 19.0 Å². The molecule has 0 aromatic heterocycles. The molecule has 0 radical (unpaired) electrons. The molecule has 100 valence electrons. The van der Waals surface area contributed by atoms with E-state index in [0.29, 0.717) is 12.5 Å². The van der Waals surface area contributed by atoms with Crippen LogP contribution in [0.5, 0.6) is 0 Å². The summed E-state index contributed by atoms with van der Waals surface area (Å²) >= 11 is 0. The molecule has 0 aromatic carbocycles. The van der Waals surface area contributed by atoms with Gasteiger partial charge in [0.15, 0.2) is 0 Å². The monoisotopic (exact) mass is 242 g/mol. The topological polar surface area (TPSA) is 66.6 Å². The van der Waals surface area contributed by atoms with Gasteiger partial charge in [-0.25, -0.2) is 0 Å². The molecule has 1 heterocycles. The lowest BCUT2D eigenvalue weighted by Gasteiger charge is -2.30. The van der Waals surface area contributed by atoms with Crippen molar-refractivity contribution in [3.05, 3.63) is 0 Å². The molecular formula is C13H26N2O2. The lowest BCUT2D eigenvalue weighted by atomic mass is 10.1. The van der Waals surface area contributed by atoms with E-state index in [1.807, 2.05) is 0 Å². The van der Waals surface area contributed by atoms with E-state index >= 15 is 0 Å². The number of piperidine rings is 1. The Morgan fingerprint density at radius 1 is 1.24 bits per heavy atom. The Hall–Kier alpha value is -0.610. The molecule has 4 nitrogen and oxygen atoms in total. The van der Waals surface area contributed by atoms with Crippen LogP contribution in [0.15, 0.2) is 0 Å². The first kappa shape index (κ1) is 14.5. The molecular weight excluding hydrogens is 216 g/mol. The fraction of sp³-hybridized carbons (Fsp3) is 0.923. The summed E-state index contributed by atoms with van der Waals surface area (Å²) in [5.74, 6) is -0.674. The lowest BCUT2D eigenvalue weighted by molar-refractivity contribution is -0.137. The third-order valence-electron chi connectivity index (χ3n) is 3.41. The summed E-state index contributed by atoms with van der Waals surface area (Å²) in [7, 11) is 0. The number of hydrogen-bond acceptors (Lipinski definition) is 3. The van der Waals surface area contributed by atoms with Gasteiger partial charge in [-0.1, -0.05) is 19.3 Å². The predicted molar refractivity (Wildman–Crippen MR) is 69.0 cm³/mol. The first-order valence-electron chi connectivity index (χ1n) is 6.88. The van der Waals surface area contributed by atoms with Gasteiger partial charge in [-0.2, -0.15) is 0 Å². The molecule has 1 rings (SSSR count). The van der Waals surface area contributed by atoms with E-state index in [-0.39, 0.29) is 0 Å². The van der Waals surface area contributed by atoms with Crippen molar-refractivity contribution in [2.45, 2.75) is 57.4 Å². The Morgan fingerprint density at radius 2 is 1.94 bits per heavy atom. The summed E-state index contributed by atoms with van der Waals surface area (Å²) in [4.78, 5) is 12.8. The van der Waals surface area contributed by atoms with Gasteiger partial charge >= 0.3 is 5.97 Å². The molecule has 1 atom stereocenters. The van der Waals surface area contributed by atoms with Crippen molar-refractivity contribution in [3.8, 4) is 0 Å². The molecule has 1 aliphatic heterocycles. The highest BCUT2D eigenvalue weighted by Crippen LogP contribution is 2.11. The van der Waals surface area contributed by atoms with Crippen molar-refractivity contribution in [2.24, 2.45) is 5.73 Å². The van der Waals surface area contributed by atoms with E-state index in [1.54, 1.807) is 0 Å². The van der Waals surface area contributed by atoms with Crippen molar-refractivity contribution < 1.29 is 9.90 Å².